The van der Waals surface area contributed by atoms with Crippen molar-refractivity contribution in [1.82, 2.24) is 9.55 Å². The summed E-state index contributed by atoms with van der Waals surface area (Å²) in [4.78, 5) is 4.34. The van der Waals surface area contributed by atoms with E-state index in [4.69, 9.17) is 0 Å². The number of imidazole rings is 1. The summed E-state index contributed by atoms with van der Waals surface area (Å²) in [6, 6.07) is 11.5. The Labute approximate surface area is 135 Å². The number of aromatic nitrogens is 2. The summed E-state index contributed by atoms with van der Waals surface area (Å²) >= 11 is 3.44. The lowest BCUT2D eigenvalue weighted by molar-refractivity contribution is 0.576. The second kappa shape index (κ2) is 6.40. The monoisotopic (exact) mass is 362 g/mol. The van der Waals surface area contributed by atoms with E-state index >= 15 is 0 Å². The summed E-state index contributed by atoms with van der Waals surface area (Å²) in [6.07, 6.45) is 4.17. The smallest absolute Gasteiger partial charge is 0.126 e. The minimum absolute atomic E-state index is 0.387. The third kappa shape index (κ3) is 3.60. The lowest BCUT2D eigenvalue weighted by atomic mass is 10.1. The first-order valence-electron chi connectivity index (χ1n) is 6.79. The maximum absolute atomic E-state index is 13.3. The van der Waals surface area contributed by atoms with E-state index in [1.54, 1.807) is 6.20 Å². The van der Waals surface area contributed by atoms with Gasteiger partial charge in [-0.2, -0.15) is 0 Å². The normalized spacial score (nSPS) is 10.9. The number of halogens is 3. The molecule has 112 valence electrons. The van der Waals surface area contributed by atoms with Gasteiger partial charge in [0.1, 0.15) is 17.5 Å². The lowest BCUT2D eigenvalue weighted by Gasteiger charge is -2.09. The molecule has 0 amide bonds. The van der Waals surface area contributed by atoms with E-state index in [2.05, 4.69) is 20.9 Å². The Kier molecular flexibility index (Phi) is 4.34. The van der Waals surface area contributed by atoms with Gasteiger partial charge in [0, 0.05) is 35.9 Å². The number of hydrogen-bond donors (Lipinski definition) is 0. The summed E-state index contributed by atoms with van der Waals surface area (Å²) in [6.45, 7) is 0.387. The van der Waals surface area contributed by atoms with Crippen LogP contribution in [0.25, 0.3) is 0 Å². The fourth-order valence-electron chi connectivity index (χ4n) is 2.38. The van der Waals surface area contributed by atoms with E-state index in [9.17, 15) is 8.78 Å². The van der Waals surface area contributed by atoms with Gasteiger partial charge in [-0.25, -0.2) is 13.8 Å². The Balaban J connectivity index is 1.83. The molecule has 3 aromatic rings. The van der Waals surface area contributed by atoms with Crippen molar-refractivity contribution in [2.45, 2.75) is 13.0 Å². The fourth-order valence-corrected chi connectivity index (χ4v) is 2.83. The molecule has 0 fully saturated rings. The largest absolute Gasteiger partial charge is 0.330 e. The molecule has 5 heteroatoms. The van der Waals surface area contributed by atoms with Gasteiger partial charge in [0.2, 0.25) is 0 Å². The van der Waals surface area contributed by atoms with E-state index < -0.39 is 11.6 Å². The zero-order valence-corrected chi connectivity index (χ0v) is 13.2. The van der Waals surface area contributed by atoms with Crippen molar-refractivity contribution in [2.24, 2.45) is 0 Å². The third-order valence-corrected chi connectivity index (χ3v) is 3.82. The van der Waals surface area contributed by atoms with Crippen LogP contribution in [0.15, 0.2) is 59.3 Å². The lowest BCUT2D eigenvalue weighted by Crippen LogP contribution is -2.06. The third-order valence-electron chi connectivity index (χ3n) is 3.33. The van der Waals surface area contributed by atoms with Crippen LogP contribution in [0.2, 0.25) is 0 Å². The average Bonchev–Trinajstić information content (AvgIpc) is 2.85. The molecular weight excluding hydrogens is 350 g/mol. The number of hydrogen-bond acceptors (Lipinski definition) is 1. The summed E-state index contributed by atoms with van der Waals surface area (Å²) in [5, 5.41) is 0. The van der Waals surface area contributed by atoms with Gasteiger partial charge >= 0.3 is 0 Å². The van der Waals surface area contributed by atoms with Crippen LogP contribution in [-0.4, -0.2) is 9.55 Å². The minimum Gasteiger partial charge on any atom is -0.330 e. The quantitative estimate of drug-likeness (QED) is 0.664. The molecule has 0 aliphatic rings. The van der Waals surface area contributed by atoms with E-state index in [1.807, 2.05) is 35.0 Å². The Morgan fingerprint density at radius 1 is 1.00 bits per heavy atom. The van der Waals surface area contributed by atoms with Crippen LogP contribution < -0.4 is 0 Å². The standard InChI is InChI=1S/C17H13BrF2N2/c18-14-3-1-2-12(6-14)9-17-21-4-5-22(17)11-13-7-15(19)10-16(20)8-13/h1-8,10H,9,11H2. The van der Waals surface area contributed by atoms with Crippen molar-refractivity contribution in [2.75, 3.05) is 0 Å². The molecule has 3 rings (SSSR count). The van der Waals surface area contributed by atoms with Crippen molar-refractivity contribution in [3.8, 4) is 0 Å². The number of benzene rings is 2. The SMILES string of the molecule is Fc1cc(F)cc(Cn2ccnc2Cc2cccc(Br)c2)c1. The first kappa shape index (κ1) is 14.9. The zero-order valence-electron chi connectivity index (χ0n) is 11.6. The van der Waals surface area contributed by atoms with Crippen molar-refractivity contribution < 1.29 is 8.78 Å². The van der Waals surface area contributed by atoms with E-state index in [-0.39, 0.29) is 0 Å². The van der Waals surface area contributed by atoms with Gasteiger partial charge in [0.05, 0.1) is 0 Å². The first-order chi connectivity index (χ1) is 10.6. The zero-order chi connectivity index (χ0) is 15.5. The molecule has 1 heterocycles. The van der Waals surface area contributed by atoms with Gasteiger partial charge in [-0.15, -0.1) is 0 Å². The molecule has 0 radical (unpaired) electrons. The fraction of sp³-hybridized carbons (Fsp3) is 0.118. The highest BCUT2D eigenvalue weighted by molar-refractivity contribution is 9.10. The van der Waals surface area contributed by atoms with Crippen LogP contribution in [0.1, 0.15) is 17.0 Å². The molecule has 0 saturated carbocycles. The van der Waals surface area contributed by atoms with Crippen LogP contribution in [0, 0.1) is 11.6 Å². The predicted molar refractivity (Wildman–Crippen MR) is 84.6 cm³/mol. The molecule has 0 aliphatic carbocycles. The van der Waals surface area contributed by atoms with Crippen molar-refractivity contribution in [1.29, 1.82) is 0 Å². The molecule has 0 spiro atoms. The van der Waals surface area contributed by atoms with Crippen molar-refractivity contribution in [3.63, 3.8) is 0 Å². The summed E-state index contributed by atoms with van der Waals surface area (Å²) in [5.74, 6) is -0.282. The maximum atomic E-state index is 13.3. The Morgan fingerprint density at radius 2 is 1.77 bits per heavy atom. The molecule has 0 unspecified atom stereocenters. The molecule has 2 nitrogen and oxygen atoms in total. The Morgan fingerprint density at radius 3 is 2.50 bits per heavy atom. The second-order valence-corrected chi connectivity index (χ2v) is 5.97. The Hall–Kier alpha value is -2.01. The van der Waals surface area contributed by atoms with Gasteiger partial charge in [-0.1, -0.05) is 28.1 Å². The molecular formula is C17H13BrF2N2. The molecule has 0 N–H and O–H groups in total. The first-order valence-corrected chi connectivity index (χ1v) is 7.59. The highest BCUT2D eigenvalue weighted by atomic mass is 79.9. The van der Waals surface area contributed by atoms with Crippen molar-refractivity contribution in [3.05, 3.63) is 87.9 Å². The van der Waals surface area contributed by atoms with Gasteiger partial charge < -0.3 is 4.57 Å². The molecule has 0 atom stereocenters. The Bertz CT molecular complexity index is 779. The predicted octanol–water partition coefficient (Wildman–Crippen LogP) is 4.56. The molecule has 0 saturated heterocycles. The topological polar surface area (TPSA) is 17.8 Å². The van der Waals surface area contributed by atoms with E-state index in [0.29, 0.717) is 18.5 Å². The van der Waals surface area contributed by atoms with Crippen molar-refractivity contribution >= 4 is 15.9 Å². The van der Waals surface area contributed by atoms with Crippen LogP contribution in [0.3, 0.4) is 0 Å². The van der Waals surface area contributed by atoms with Gasteiger partial charge in [-0.05, 0) is 35.4 Å². The summed E-state index contributed by atoms with van der Waals surface area (Å²) in [7, 11) is 0. The molecule has 0 bridgehead atoms. The van der Waals surface area contributed by atoms with Crippen LogP contribution in [-0.2, 0) is 13.0 Å². The molecule has 22 heavy (non-hydrogen) atoms. The molecule has 1 aromatic heterocycles. The summed E-state index contributed by atoms with van der Waals surface area (Å²) < 4.78 is 29.5. The van der Waals surface area contributed by atoms with Crippen LogP contribution >= 0.6 is 15.9 Å². The van der Waals surface area contributed by atoms with E-state index in [1.165, 1.54) is 12.1 Å². The average molecular weight is 363 g/mol. The second-order valence-electron chi connectivity index (χ2n) is 5.06. The van der Waals surface area contributed by atoms with Gasteiger partial charge in [-0.3, -0.25) is 0 Å². The minimum atomic E-state index is -0.566. The van der Waals surface area contributed by atoms with E-state index in [0.717, 1.165) is 21.9 Å². The highest BCUT2D eigenvalue weighted by Gasteiger charge is 2.07. The number of rotatable bonds is 4. The summed E-state index contributed by atoms with van der Waals surface area (Å²) in [5.41, 5.74) is 1.69. The van der Waals surface area contributed by atoms with Gasteiger partial charge in [0.15, 0.2) is 0 Å². The number of nitrogens with zero attached hydrogens (tertiary/aromatic N) is 2. The van der Waals surface area contributed by atoms with Gasteiger partial charge in [0.25, 0.3) is 0 Å². The molecule has 0 aliphatic heterocycles. The molecule has 2 aromatic carbocycles. The maximum Gasteiger partial charge on any atom is 0.126 e. The van der Waals surface area contributed by atoms with Crippen LogP contribution in [0.4, 0.5) is 8.78 Å². The highest BCUT2D eigenvalue weighted by Crippen LogP contribution is 2.16. The van der Waals surface area contributed by atoms with Crippen LogP contribution in [0.5, 0.6) is 0 Å².